The molecule has 34 heavy (non-hydrogen) atoms. The van der Waals surface area contributed by atoms with Crippen molar-refractivity contribution < 1.29 is 4.79 Å². The Labute approximate surface area is 202 Å². The number of hydrogen-bond donors (Lipinski definition) is 0. The lowest BCUT2D eigenvalue weighted by atomic mass is 10.0. The average Bonchev–Trinajstić information content (AvgIpc) is 3.27. The summed E-state index contributed by atoms with van der Waals surface area (Å²) in [5, 5.41) is 8.98. The zero-order valence-electron chi connectivity index (χ0n) is 20.4. The van der Waals surface area contributed by atoms with Crippen LogP contribution in [0.5, 0.6) is 0 Å². The number of rotatable bonds is 8. The van der Waals surface area contributed by atoms with E-state index in [-0.39, 0.29) is 5.91 Å². The van der Waals surface area contributed by atoms with Gasteiger partial charge in [-0.2, -0.15) is 5.26 Å². The molecule has 0 radical (unpaired) electrons. The third-order valence-corrected chi connectivity index (χ3v) is 6.81. The SMILES string of the molecule is CCCC[C@H]1CN(c2cccc(C)c2C)C(=O)CN1Cc1cn(Cc2ccc(C#N)cc2)cn1. The Balaban J connectivity index is 1.47. The van der Waals surface area contributed by atoms with E-state index in [1.165, 1.54) is 11.1 Å². The maximum absolute atomic E-state index is 13.2. The van der Waals surface area contributed by atoms with Crippen LogP contribution in [0, 0.1) is 25.2 Å². The first-order valence-electron chi connectivity index (χ1n) is 12.1. The van der Waals surface area contributed by atoms with Crippen LogP contribution >= 0.6 is 0 Å². The van der Waals surface area contributed by atoms with Crippen molar-refractivity contribution in [3.63, 3.8) is 0 Å². The van der Waals surface area contributed by atoms with Crippen LogP contribution in [-0.4, -0.2) is 39.5 Å². The number of carbonyl (C=O) groups excluding carboxylic acids is 1. The Kier molecular flexibility index (Phi) is 7.44. The lowest BCUT2D eigenvalue weighted by molar-refractivity contribution is -0.122. The van der Waals surface area contributed by atoms with E-state index in [2.05, 4.69) is 59.6 Å². The molecular formula is C28H33N5O. The highest BCUT2D eigenvalue weighted by atomic mass is 16.2. The van der Waals surface area contributed by atoms with Gasteiger partial charge in [0, 0.05) is 37.6 Å². The molecular weight excluding hydrogens is 422 g/mol. The molecule has 6 nitrogen and oxygen atoms in total. The van der Waals surface area contributed by atoms with Gasteiger partial charge in [-0.05, 0) is 55.2 Å². The number of anilines is 1. The van der Waals surface area contributed by atoms with Crippen molar-refractivity contribution in [2.24, 2.45) is 0 Å². The number of benzene rings is 2. The van der Waals surface area contributed by atoms with Gasteiger partial charge in [0.15, 0.2) is 0 Å². The number of amides is 1. The number of hydrogen-bond acceptors (Lipinski definition) is 4. The third-order valence-electron chi connectivity index (χ3n) is 6.81. The van der Waals surface area contributed by atoms with E-state index in [4.69, 9.17) is 5.26 Å². The molecule has 176 valence electrons. The topological polar surface area (TPSA) is 65.2 Å². The summed E-state index contributed by atoms with van der Waals surface area (Å²) in [4.78, 5) is 22.1. The first-order valence-corrected chi connectivity index (χ1v) is 12.1. The monoisotopic (exact) mass is 455 g/mol. The minimum Gasteiger partial charge on any atom is -0.333 e. The maximum Gasteiger partial charge on any atom is 0.241 e. The van der Waals surface area contributed by atoms with Gasteiger partial charge in [0.2, 0.25) is 5.91 Å². The van der Waals surface area contributed by atoms with Gasteiger partial charge in [0.1, 0.15) is 0 Å². The standard InChI is InChI=1S/C28H33N5O/c1-4-5-8-26-18-33(27-9-6-7-21(2)22(27)3)28(34)19-32(26)17-25-16-31(20-30-25)15-24-12-10-23(14-29)11-13-24/h6-7,9-13,16,20,26H,4-5,8,15,17-19H2,1-3H3/t26-/m0/s1. The molecule has 0 spiro atoms. The lowest BCUT2D eigenvalue weighted by Crippen LogP contribution is -2.56. The second kappa shape index (κ2) is 10.7. The van der Waals surface area contributed by atoms with Gasteiger partial charge in [0.25, 0.3) is 0 Å². The molecule has 2 heterocycles. The van der Waals surface area contributed by atoms with Crippen LogP contribution < -0.4 is 4.90 Å². The zero-order valence-corrected chi connectivity index (χ0v) is 20.4. The van der Waals surface area contributed by atoms with Crippen LogP contribution in [0.3, 0.4) is 0 Å². The second-order valence-corrected chi connectivity index (χ2v) is 9.27. The fraction of sp³-hybridized carbons (Fsp3) is 0.393. The lowest BCUT2D eigenvalue weighted by Gasteiger charge is -2.41. The second-order valence-electron chi connectivity index (χ2n) is 9.27. The molecule has 0 saturated carbocycles. The molecule has 1 aliphatic heterocycles. The molecule has 0 unspecified atom stereocenters. The van der Waals surface area contributed by atoms with Crippen LogP contribution in [-0.2, 0) is 17.9 Å². The Morgan fingerprint density at radius 3 is 2.65 bits per heavy atom. The first kappa shape index (κ1) is 23.7. The summed E-state index contributed by atoms with van der Waals surface area (Å²) >= 11 is 0. The molecule has 1 saturated heterocycles. The fourth-order valence-electron chi connectivity index (χ4n) is 4.65. The molecule has 4 rings (SSSR count). The smallest absolute Gasteiger partial charge is 0.241 e. The van der Waals surface area contributed by atoms with Crippen molar-refractivity contribution in [1.82, 2.24) is 14.5 Å². The van der Waals surface area contributed by atoms with Gasteiger partial charge in [-0.25, -0.2) is 4.98 Å². The zero-order chi connectivity index (χ0) is 24.1. The van der Waals surface area contributed by atoms with Crippen molar-refractivity contribution in [2.75, 3.05) is 18.0 Å². The average molecular weight is 456 g/mol. The summed E-state index contributed by atoms with van der Waals surface area (Å²) in [6.45, 7) is 8.91. The van der Waals surface area contributed by atoms with Crippen molar-refractivity contribution >= 4 is 11.6 Å². The van der Waals surface area contributed by atoms with Crippen LogP contribution in [0.1, 0.15) is 54.1 Å². The van der Waals surface area contributed by atoms with E-state index in [0.717, 1.165) is 42.8 Å². The van der Waals surface area contributed by atoms with Gasteiger partial charge in [-0.3, -0.25) is 9.69 Å². The Morgan fingerprint density at radius 2 is 1.91 bits per heavy atom. The van der Waals surface area contributed by atoms with Crippen LogP contribution in [0.4, 0.5) is 5.69 Å². The highest BCUT2D eigenvalue weighted by molar-refractivity contribution is 5.96. The quantitative estimate of drug-likeness (QED) is 0.488. The number of unbranched alkanes of at least 4 members (excludes halogenated alkanes) is 1. The van der Waals surface area contributed by atoms with E-state index in [0.29, 0.717) is 31.2 Å². The minimum atomic E-state index is 0.151. The van der Waals surface area contributed by atoms with Crippen molar-refractivity contribution in [3.05, 3.63) is 82.9 Å². The van der Waals surface area contributed by atoms with Gasteiger partial charge < -0.3 is 9.47 Å². The van der Waals surface area contributed by atoms with Crippen molar-refractivity contribution in [3.8, 4) is 6.07 Å². The van der Waals surface area contributed by atoms with Crippen molar-refractivity contribution in [1.29, 1.82) is 5.26 Å². The molecule has 3 aromatic rings. The number of piperazine rings is 1. The number of aromatic nitrogens is 2. The van der Waals surface area contributed by atoms with E-state index < -0.39 is 0 Å². The summed E-state index contributed by atoms with van der Waals surface area (Å²) in [5.41, 5.74) is 6.20. The van der Waals surface area contributed by atoms with Gasteiger partial charge in [0.05, 0.1) is 30.2 Å². The van der Waals surface area contributed by atoms with Crippen LogP contribution in [0.25, 0.3) is 0 Å². The van der Waals surface area contributed by atoms with E-state index >= 15 is 0 Å². The number of carbonyl (C=O) groups is 1. The highest BCUT2D eigenvalue weighted by Crippen LogP contribution is 2.28. The van der Waals surface area contributed by atoms with Crippen molar-refractivity contribution in [2.45, 2.75) is 59.2 Å². The molecule has 1 amide bonds. The molecule has 1 fully saturated rings. The number of imidazole rings is 1. The van der Waals surface area contributed by atoms with E-state index in [1.807, 2.05) is 41.6 Å². The molecule has 0 aliphatic carbocycles. The predicted octanol–water partition coefficient (Wildman–Crippen LogP) is 4.83. The largest absolute Gasteiger partial charge is 0.333 e. The normalized spacial score (nSPS) is 16.6. The number of nitrogens with zero attached hydrogens (tertiary/aromatic N) is 5. The summed E-state index contributed by atoms with van der Waals surface area (Å²) in [7, 11) is 0. The van der Waals surface area contributed by atoms with Gasteiger partial charge >= 0.3 is 0 Å². The molecule has 0 bridgehead atoms. The fourth-order valence-corrected chi connectivity index (χ4v) is 4.65. The highest BCUT2D eigenvalue weighted by Gasteiger charge is 2.33. The Morgan fingerprint density at radius 1 is 1.12 bits per heavy atom. The molecule has 1 atom stereocenters. The molecule has 1 aliphatic rings. The maximum atomic E-state index is 13.2. The van der Waals surface area contributed by atoms with E-state index in [1.54, 1.807) is 0 Å². The minimum absolute atomic E-state index is 0.151. The summed E-state index contributed by atoms with van der Waals surface area (Å²) < 4.78 is 2.06. The summed E-state index contributed by atoms with van der Waals surface area (Å²) in [6.07, 6.45) is 7.26. The number of aryl methyl sites for hydroxylation is 1. The van der Waals surface area contributed by atoms with E-state index in [9.17, 15) is 4.79 Å². The first-order chi connectivity index (χ1) is 16.5. The van der Waals surface area contributed by atoms with Crippen LogP contribution in [0.2, 0.25) is 0 Å². The Bertz CT molecular complexity index is 1170. The van der Waals surface area contributed by atoms with Gasteiger partial charge in [-0.15, -0.1) is 0 Å². The number of nitriles is 1. The summed E-state index contributed by atoms with van der Waals surface area (Å²) in [6, 6.07) is 16.3. The molecule has 2 aromatic carbocycles. The summed E-state index contributed by atoms with van der Waals surface area (Å²) in [5.74, 6) is 0.151. The van der Waals surface area contributed by atoms with Gasteiger partial charge in [-0.1, -0.05) is 44.0 Å². The Hall–Kier alpha value is -3.43. The molecule has 6 heteroatoms. The third kappa shape index (κ3) is 5.37. The van der Waals surface area contributed by atoms with Crippen LogP contribution in [0.15, 0.2) is 55.0 Å². The predicted molar refractivity (Wildman–Crippen MR) is 134 cm³/mol. The molecule has 1 aromatic heterocycles. The molecule has 0 N–H and O–H groups in total.